The van der Waals surface area contributed by atoms with Crippen LogP contribution in [0.25, 0.3) is 11.3 Å². The number of amides is 2. The first kappa shape index (κ1) is 21.7. The van der Waals surface area contributed by atoms with Gasteiger partial charge in [-0.3, -0.25) is 19.6 Å². The number of benzene rings is 1. The number of hydrogen-bond donors (Lipinski definition) is 2. The Morgan fingerprint density at radius 3 is 2.30 bits per heavy atom. The Morgan fingerprint density at radius 2 is 1.77 bits per heavy atom. The molecule has 0 unspecified atom stereocenters. The molecule has 8 heteroatoms. The van der Waals surface area contributed by atoms with Crippen LogP contribution in [-0.2, 0) is 10.3 Å². The average Bonchev–Trinajstić information content (AvgIpc) is 3.28. The lowest BCUT2D eigenvalue weighted by atomic mass is 10.1. The summed E-state index contributed by atoms with van der Waals surface area (Å²) in [5.74, 6) is -0.136. The van der Waals surface area contributed by atoms with Crippen molar-refractivity contribution in [2.45, 2.75) is 53.0 Å². The molecule has 3 aromatic rings. The Bertz CT molecular complexity index is 1060. The number of nitrogens with one attached hydrogen (secondary N) is 2. The standard InChI is InChI=1S/C22H27N5O2S/c1-13(2)19-11-17(26-27(19)22(4,5)6)20(29)25-21-24-18(12-30-21)15-7-9-16(10-8-15)23-14(3)28/h7-13H,1-6H3,(H,23,28)(H,24,25,29). The van der Waals surface area contributed by atoms with E-state index in [0.29, 0.717) is 10.8 Å². The van der Waals surface area contributed by atoms with Crippen molar-refractivity contribution in [3.63, 3.8) is 0 Å². The molecule has 0 bridgehead atoms. The summed E-state index contributed by atoms with van der Waals surface area (Å²) in [5, 5.41) is 12.5. The van der Waals surface area contributed by atoms with Crippen molar-refractivity contribution in [2.75, 3.05) is 10.6 Å². The average molecular weight is 426 g/mol. The Balaban J connectivity index is 1.76. The minimum absolute atomic E-state index is 0.115. The molecule has 1 aromatic carbocycles. The second kappa shape index (κ2) is 8.39. The van der Waals surface area contributed by atoms with E-state index in [1.807, 2.05) is 40.4 Å². The Morgan fingerprint density at radius 1 is 1.10 bits per heavy atom. The molecule has 30 heavy (non-hydrogen) atoms. The highest BCUT2D eigenvalue weighted by atomic mass is 32.1. The second-order valence-corrected chi connectivity index (χ2v) is 9.30. The maximum absolute atomic E-state index is 12.8. The fourth-order valence-electron chi connectivity index (χ4n) is 3.01. The van der Waals surface area contributed by atoms with Gasteiger partial charge in [0.15, 0.2) is 10.8 Å². The summed E-state index contributed by atoms with van der Waals surface area (Å²) < 4.78 is 1.91. The van der Waals surface area contributed by atoms with Crippen molar-refractivity contribution in [3.8, 4) is 11.3 Å². The molecule has 0 aliphatic heterocycles. The second-order valence-electron chi connectivity index (χ2n) is 8.44. The Labute approximate surface area is 180 Å². The Kier molecular flexibility index (Phi) is 6.07. The molecule has 7 nitrogen and oxygen atoms in total. The highest BCUT2D eigenvalue weighted by molar-refractivity contribution is 7.14. The van der Waals surface area contributed by atoms with Crippen molar-refractivity contribution in [3.05, 3.63) is 47.1 Å². The molecule has 3 rings (SSSR count). The predicted octanol–water partition coefficient (Wildman–Crippen LogP) is 5.10. The molecule has 0 saturated heterocycles. The number of carbonyl (C=O) groups excluding carboxylic acids is 2. The largest absolute Gasteiger partial charge is 0.326 e. The van der Waals surface area contributed by atoms with E-state index in [-0.39, 0.29) is 23.3 Å². The number of thiazole rings is 1. The first-order valence-corrected chi connectivity index (χ1v) is 10.7. The molecule has 2 amide bonds. The summed E-state index contributed by atoms with van der Waals surface area (Å²) in [6.07, 6.45) is 0. The van der Waals surface area contributed by atoms with Gasteiger partial charge in [-0.05, 0) is 44.9 Å². The van der Waals surface area contributed by atoms with Crippen LogP contribution in [0.1, 0.15) is 63.6 Å². The van der Waals surface area contributed by atoms with Crippen LogP contribution >= 0.6 is 11.3 Å². The molecular formula is C22H27N5O2S. The Hall–Kier alpha value is -3.00. The van der Waals surface area contributed by atoms with Gasteiger partial charge in [0.05, 0.1) is 11.2 Å². The van der Waals surface area contributed by atoms with Crippen LogP contribution in [0.4, 0.5) is 10.8 Å². The maximum Gasteiger partial charge on any atom is 0.277 e. The van der Waals surface area contributed by atoms with Crippen molar-refractivity contribution in [2.24, 2.45) is 0 Å². The molecule has 158 valence electrons. The van der Waals surface area contributed by atoms with Gasteiger partial charge in [-0.15, -0.1) is 11.3 Å². The zero-order chi connectivity index (χ0) is 22.1. The van der Waals surface area contributed by atoms with E-state index in [0.717, 1.165) is 22.6 Å². The van der Waals surface area contributed by atoms with Gasteiger partial charge >= 0.3 is 0 Å². The highest BCUT2D eigenvalue weighted by Gasteiger charge is 2.24. The van der Waals surface area contributed by atoms with Crippen LogP contribution in [0.15, 0.2) is 35.7 Å². The summed E-state index contributed by atoms with van der Waals surface area (Å²) in [7, 11) is 0. The number of aromatic nitrogens is 3. The fourth-order valence-corrected chi connectivity index (χ4v) is 3.72. The monoisotopic (exact) mass is 425 g/mol. The molecule has 0 radical (unpaired) electrons. The van der Waals surface area contributed by atoms with Gasteiger partial charge in [-0.2, -0.15) is 5.10 Å². The van der Waals surface area contributed by atoms with Gasteiger partial charge in [-0.25, -0.2) is 4.98 Å². The minimum atomic E-state index is -0.276. The molecule has 0 saturated carbocycles. The summed E-state index contributed by atoms with van der Waals surface area (Å²) >= 11 is 1.36. The molecule has 0 aliphatic rings. The lowest BCUT2D eigenvalue weighted by molar-refractivity contribution is -0.114. The van der Waals surface area contributed by atoms with Gasteiger partial charge in [-0.1, -0.05) is 26.0 Å². The lowest BCUT2D eigenvalue weighted by Gasteiger charge is -2.23. The van der Waals surface area contributed by atoms with E-state index in [9.17, 15) is 9.59 Å². The fraction of sp³-hybridized carbons (Fsp3) is 0.364. The maximum atomic E-state index is 12.8. The van der Waals surface area contributed by atoms with Crippen molar-refractivity contribution >= 4 is 34.0 Å². The molecule has 0 spiro atoms. The molecule has 0 fully saturated rings. The molecule has 2 heterocycles. The van der Waals surface area contributed by atoms with Crippen molar-refractivity contribution < 1.29 is 9.59 Å². The van der Waals surface area contributed by atoms with Gasteiger partial charge in [0.2, 0.25) is 5.91 Å². The SMILES string of the molecule is CC(=O)Nc1ccc(-c2csc(NC(=O)c3cc(C(C)C)n(C(C)(C)C)n3)n2)cc1. The molecular weight excluding hydrogens is 398 g/mol. The molecule has 0 aliphatic carbocycles. The van der Waals surface area contributed by atoms with Gasteiger partial charge < -0.3 is 5.32 Å². The van der Waals surface area contributed by atoms with Crippen LogP contribution in [0, 0.1) is 0 Å². The number of hydrogen-bond acceptors (Lipinski definition) is 5. The zero-order valence-electron chi connectivity index (χ0n) is 18.1. The van der Waals surface area contributed by atoms with Crippen LogP contribution in [0.3, 0.4) is 0 Å². The number of rotatable bonds is 5. The van der Waals surface area contributed by atoms with Crippen LogP contribution in [0.5, 0.6) is 0 Å². The van der Waals surface area contributed by atoms with E-state index in [1.165, 1.54) is 18.3 Å². The van der Waals surface area contributed by atoms with E-state index in [4.69, 9.17) is 0 Å². The topological polar surface area (TPSA) is 88.9 Å². The normalized spacial score (nSPS) is 11.6. The number of anilines is 2. The summed E-state index contributed by atoms with van der Waals surface area (Å²) in [6.45, 7) is 11.8. The third-order valence-corrected chi connectivity index (χ3v) is 5.18. The van der Waals surface area contributed by atoms with Crippen molar-refractivity contribution in [1.82, 2.24) is 14.8 Å². The number of carbonyl (C=O) groups is 2. The smallest absolute Gasteiger partial charge is 0.277 e. The van der Waals surface area contributed by atoms with E-state index in [1.54, 1.807) is 0 Å². The quantitative estimate of drug-likeness (QED) is 0.595. The van der Waals surface area contributed by atoms with E-state index in [2.05, 4.69) is 55.3 Å². The van der Waals surface area contributed by atoms with Crippen molar-refractivity contribution in [1.29, 1.82) is 0 Å². The minimum Gasteiger partial charge on any atom is -0.326 e. The first-order valence-electron chi connectivity index (χ1n) is 9.80. The summed E-state index contributed by atoms with van der Waals surface area (Å²) in [6, 6.07) is 9.25. The third-order valence-electron chi connectivity index (χ3n) is 4.42. The molecule has 2 aromatic heterocycles. The summed E-state index contributed by atoms with van der Waals surface area (Å²) in [5.41, 5.74) is 3.57. The van der Waals surface area contributed by atoms with Crippen LogP contribution in [0.2, 0.25) is 0 Å². The first-order chi connectivity index (χ1) is 14.0. The van der Waals surface area contributed by atoms with Crippen LogP contribution < -0.4 is 10.6 Å². The molecule has 2 N–H and O–H groups in total. The third kappa shape index (κ3) is 4.94. The van der Waals surface area contributed by atoms with Crippen LogP contribution in [-0.4, -0.2) is 26.6 Å². The van der Waals surface area contributed by atoms with E-state index < -0.39 is 0 Å². The lowest BCUT2D eigenvalue weighted by Crippen LogP contribution is -2.26. The highest BCUT2D eigenvalue weighted by Crippen LogP contribution is 2.27. The van der Waals surface area contributed by atoms with Gasteiger partial charge in [0.1, 0.15) is 0 Å². The van der Waals surface area contributed by atoms with E-state index >= 15 is 0 Å². The zero-order valence-corrected chi connectivity index (χ0v) is 18.9. The predicted molar refractivity (Wildman–Crippen MR) is 121 cm³/mol. The van der Waals surface area contributed by atoms with Gasteiger partial charge in [0, 0.05) is 29.2 Å². The summed E-state index contributed by atoms with van der Waals surface area (Å²) in [4.78, 5) is 28.4. The van der Waals surface area contributed by atoms with Gasteiger partial charge in [0.25, 0.3) is 5.91 Å². The molecule has 0 atom stereocenters. The number of nitrogens with zero attached hydrogens (tertiary/aromatic N) is 3.